The van der Waals surface area contributed by atoms with E-state index in [1.165, 1.54) is 17.2 Å². The van der Waals surface area contributed by atoms with Crippen molar-refractivity contribution in [1.82, 2.24) is 9.88 Å². The molecule has 0 radical (unpaired) electrons. The molecule has 0 unspecified atom stereocenters. The van der Waals surface area contributed by atoms with Crippen LogP contribution < -0.4 is 20.7 Å². The summed E-state index contributed by atoms with van der Waals surface area (Å²) in [4.78, 5) is 24.6. The van der Waals surface area contributed by atoms with E-state index < -0.39 is 0 Å². The molecule has 2 aromatic rings. The highest BCUT2D eigenvalue weighted by Crippen LogP contribution is 2.23. The third-order valence-electron chi connectivity index (χ3n) is 5.21. The number of pyridine rings is 1. The Labute approximate surface area is 213 Å². The number of methoxy groups -OCH3 is 1. The number of allylic oxidation sites excluding steroid dienone is 1. The average Bonchev–Trinajstić information content (AvgIpc) is 2.84. The fourth-order valence-corrected chi connectivity index (χ4v) is 3.26. The van der Waals surface area contributed by atoms with Gasteiger partial charge in [-0.3, -0.25) is 15.1 Å². The molecule has 0 aliphatic heterocycles. The van der Waals surface area contributed by atoms with E-state index in [9.17, 15) is 4.79 Å². The zero-order chi connectivity index (χ0) is 26.8. The molecular formula is C27H35N7O2. The molecule has 1 amide bonds. The molecule has 1 aromatic heterocycles. The maximum atomic E-state index is 12.4. The largest absolute Gasteiger partial charge is 0.496 e. The van der Waals surface area contributed by atoms with Gasteiger partial charge in [0, 0.05) is 37.1 Å². The highest BCUT2D eigenvalue weighted by molar-refractivity contribution is 6.32. The fourth-order valence-electron chi connectivity index (χ4n) is 3.26. The molecule has 2 rings (SSSR count). The third-order valence-corrected chi connectivity index (χ3v) is 5.21. The summed E-state index contributed by atoms with van der Waals surface area (Å²) in [6.45, 7) is 8.01. The number of rotatable bonds is 10. The number of nitrogens with two attached hydrogens (primary N) is 1. The van der Waals surface area contributed by atoms with Gasteiger partial charge in [0.25, 0.3) is 5.91 Å². The van der Waals surface area contributed by atoms with Gasteiger partial charge in [-0.05, 0) is 51.7 Å². The summed E-state index contributed by atoms with van der Waals surface area (Å²) in [5, 5.41) is 12.0. The number of nitrogens with zero attached hydrogens (tertiary/aromatic N) is 4. The van der Waals surface area contributed by atoms with Crippen LogP contribution in [0.5, 0.6) is 5.75 Å². The van der Waals surface area contributed by atoms with Crippen LogP contribution >= 0.6 is 0 Å². The smallest absolute Gasteiger partial charge is 0.251 e. The lowest BCUT2D eigenvalue weighted by Gasteiger charge is -2.18. The van der Waals surface area contributed by atoms with Gasteiger partial charge >= 0.3 is 0 Å². The van der Waals surface area contributed by atoms with Crippen LogP contribution in [-0.2, 0) is 4.79 Å². The number of aromatic nitrogens is 1. The number of likely N-dealkylation sites (N-methyl/N-ethyl adjacent to an activating group) is 2. The van der Waals surface area contributed by atoms with E-state index >= 15 is 0 Å². The quantitative estimate of drug-likeness (QED) is 0.266. The molecule has 4 N–H and O–H groups in total. The molecule has 36 heavy (non-hydrogen) atoms. The maximum absolute atomic E-state index is 12.4. The molecule has 0 bridgehead atoms. The Kier molecular flexibility index (Phi) is 10.1. The van der Waals surface area contributed by atoms with Gasteiger partial charge in [-0.25, -0.2) is 9.98 Å². The minimum absolute atomic E-state index is 0.176. The third kappa shape index (κ3) is 7.38. The van der Waals surface area contributed by atoms with Gasteiger partial charge in [0.05, 0.1) is 30.3 Å². The lowest BCUT2D eigenvalue weighted by atomic mass is 9.98. The van der Waals surface area contributed by atoms with Crippen LogP contribution in [0.3, 0.4) is 0 Å². The van der Waals surface area contributed by atoms with E-state index in [4.69, 9.17) is 15.9 Å². The first-order chi connectivity index (χ1) is 17.1. The number of amides is 1. The number of carbonyl (C=O) groups excluding carboxylic acids is 1. The molecule has 9 nitrogen and oxygen atoms in total. The normalized spacial score (nSPS) is 12.4. The van der Waals surface area contributed by atoms with Crippen molar-refractivity contribution in [1.29, 1.82) is 5.41 Å². The van der Waals surface area contributed by atoms with Crippen molar-refractivity contribution in [3.8, 4) is 5.75 Å². The predicted octanol–water partition coefficient (Wildman–Crippen LogP) is 3.73. The summed E-state index contributed by atoms with van der Waals surface area (Å²) < 4.78 is 5.41. The minimum atomic E-state index is -0.176. The van der Waals surface area contributed by atoms with Crippen LogP contribution in [0, 0.1) is 12.3 Å². The first-order valence-corrected chi connectivity index (χ1v) is 11.3. The highest BCUT2D eigenvalue weighted by atomic mass is 16.5. The van der Waals surface area contributed by atoms with Crippen molar-refractivity contribution in [2.75, 3.05) is 45.0 Å². The lowest BCUT2D eigenvalue weighted by Crippen LogP contribution is -2.26. The number of aliphatic imine (C=N–C) groups is 1. The van der Waals surface area contributed by atoms with E-state index in [0.717, 1.165) is 5.56 Å². The van der Waals surface area contributed by atoms with Gasteiger partial charge in [0.1, 0.15) is 17.4 Å². The van der Waals surface area contributed by atoms with Crippen LogP contribution in [0.4, 0.5) is 11.5 Å². The van der Waals surface area contributed by atoms with Gasteiger partial charge in [-0.1, -0.05) is 24.8 Å². The molecule has 0 fully saturated rings. The molecule has 0 aliphatic rings. The van der Waals surface area contributed by atoms with Gasteiger partial charge in [-0.15, -0.1) is 0 Å². The van der Waals surface area contributed by atoms with Crippen molar-refractivity contribution >= 4 is 29.0 Å². The second-order valence-electron chi connectivity index (χ2n) is 8.37. The molecule has 0 spiro atoms. The Morgan fingerprint density at radius 3 is 2.56 bits per heavy atom. The van der Waals surface area contributed by atoms with E-state index in [1.54, 1.807) is 51.6 Å². The summed E-state index contributed by atoms with van der Waals surface area (Å²) in [7, 11) is 7.12. The Bertz CT molecular complexity index is 1190. The molecule has 190 valence electrons. The number of nitrogens with one attached hydrogen (secondary N) is 2. The van der Waals surface area contributed by atoms with Gasteiger partial charge in [0.2, 0.25) is 0 Å². The minimum Gasteiger partial charge on any atom is -0.496 e. The first-order valence-electron chi connectivity index (χ1n) is 11.3. The van der Waals surface area contributed by atoms with Gasteiger partial charge < -0.3 is 20.7 Å². The van der Waals surface area contributed by atoms with E-state index in [-0.39, 0.29) is 11.6 Å². The predicted molar refractivity (Wildman–Crippen MR) is 148 cm³/mol. The molecule has 1 aromatic carbocycles. The first kappa shape index (κ1) is 28.0. The number of carbonyl (C=O) groups is 1. The van der Waals surface area contributed by atoms with Crippen molar-refractivity contribution in [2.45, 2.75) is 13.8 Å². The summed E-state index contributed by atoms with van der Waals surface area (Å²) >= 11 is 0. The number of anilines is 2. The number of hydrogen-bond acceptors (Lipinski definition) is 7. The topological polar surface area (TPSA) is 120 Å². The Hall–Kier alpha value is -4.24. The fraction of sp³-hybridized carbons (Fsp3) is 0.259. The van der Waals surface area contributed by atoms with Crippen LogP contribution in [0.2, 0.25) is 0 Å². The lowest BCUT2D eigenvalue weighted by molar-refractivity contribution is -0.113. The van der Waals surface area contributed by atoms with Crippen LogP contribution in [0.1, 0.15) is 18.1 Å². The van der Waals surface area contributed by atoms with Crippen molar-refractivity contribution in [3.63, 3.8) is 0 Å². The number of hydrogen-bond donors (Lipinski definition) is 3. The summed E-state index contributed by atoms with van der Waals surface area (Å²) in [6.07, 6.45) is 6.29. The van der Waals surface area contributed by atoms with Crippen molar-refractivity contribution in [3.05, 3.63) is 83.9 Å². The number of benzene rings is 1. The van der Waals surface area contributed by atoms with Crippen molar-refractivity contribution < 1.29 is 9.53 Å². The second kappa shape index (κ2) is 13.0. The number of aryl methyl sites for hydroxylation is 1. The Morgan fingerprint density at radius 2 is 2.00 bits per heavy atom. The monoisotopic (exact) mass is 489 g/mol. The molecule has 0 saturated heterocycles. The zero-order valence-corrected chi connectivity index (χ0v) is 21.8. The SMILES string of the molecule is C=CN=C(Nc1ccc(N(C)C(=O)/C=C/CN(C)C)nc1)/C(C(=N)c1ccc(C)c(OC)c1)=C(\C)N. The van der Waals surface area contributed by atoms with Gasteiger partial charge in [0.15, 0.2) is 0 Å². The summed E-state index contributed by atoms with van der Waals surface area (Å²) in [5.74, 6) is 1.34. The van der Waals surface area contributed by atoms with E-state index in [2.05, 4.69) is 21.9 Å². The summed E-state index contributed by atoms with van der Waals surface area (Å²) in [5.41, 5.74) is 9.41. The Balaban J connectivity index is 2.28. The van der Waals surface area contributed by atoms with Crippen LogP contribution in [0.25, 0.3) is 0 Å². The standard InChI is InChI=1S/C27H35N7O2/c1-8-30-27(25(19(3)28)26(29)20-12-11-18(2)22(16-20)36-7)32-21-13-14-23(31-17-21)34(6)24(35)10-9-15-33(4)5/h8-14,16-17,29H,1,15,28H2,2-7H3,(H,30,32)/b10-9+,25-19+,29-26?. The van der Waals surface area contributed by atoms with Crippen LogP contribution in [-0.4, -0.2) is 62.1 Å². The van der Waals surface area contributed by atoms with Crippen molar-refractivity contribution in [2.24, 2.45) is 10.7 Å². The number of amidine groups is 1. The highest BCUT2D eigenvalue weighted by Gasteiger charge is 2.19. The molecule has 0 atom stereocenters. The Morgan fingerprint density at radius 1 is 1.28 bits per heavy atom. The van der Waals surface area contributed by atoms with E-state index in [1.807, 2.05) is 38.1 Å². The molecule has 1 heterocycles. The zero-order valence-electron chi connectivity index (χ0n) is 21.8. The number of ether oxygens (including phenoxy) is 1. The summed E-state index contributed by atoms with van der Waals surface area (Å²) in [6, 6.07) is 9.02. The maximum Gasteiger partial charge on any atom is 0.251 e. The average molecular weight is 490 g/mol. The van der Waals surface area contributed by atoms with Crippen LogP contribution in [0.15, 0.2) is 77.7 Å². The molecule has 0 aliphatic carbocycles. The molecular weight excluding hydrogens is 454 g/mol. The van der Waals surface area contributed by atoms with Gasteiger partial charge in [-0.2, -0.15) is 0 Å². The molecule has 0 saturated carbocycles. The molecule has 9 heteroatoms. The van der Waals surface area contributed by atoms with E-state index in [0.29, 0.717) is 46.5 Å². The second-order valence-corrected chi connectivity index (χ2v) is 8.37.